The maximum Gasteiger partial charge on any atom is 0.191 e. The fourth-order valence-electron chi connectivity index (χ4n) is 2.62. The van der Waals surface area contributed by atoms with Gasteiger partial charge in [-0.05, 0) is 37.5 Å². The molecule has 1 heterocycles. The number of aliphatic imine (C=N–C) groups is 1. The Morgan fingerprint density at radius 3 is 2.60 bits per heavy atom. The number of hydrogen-bond donors (Lipinski definition) is 2. The molecule has 0 spiro atoms. The van der Waals surface area contributed by atoms with Crippen LogP contribution < -0.4 is 10.6 Å². The van der Waals surface area contributed by atoms with Gasteiger partial charge in [0.25, 0.3) is 0 Å². The van der Waals surface area contributed by atoms with E-state index in [1.165, 1.54) is 5.56 Å². The first kappa shape index (κ1) is 22.5. The lowest BCUT2D eigenvalue weighted by Crippen LogP contribution is -2.44. The molecule has 2 rings (SSSR count). The highest BCUT2D eigenvalue weighted by Crippen LogP contribution is 2.10. The summed E-state index contributed by atoms with van der Waals surface area (Å²) in [5, 5.41) is 7.51. The number of guanidine groups is 1. The van der Waals surface area contributed by atoms with Crippen molar-refractivity contribution in [3.05, 3.63) is 34.9 Å². The summed E-state index contributed by atoms with van der Waals surface area (Å²) in [5.74, 6) is 0.905. The largest absolute Gasteiger partial charge is 0.379 e. The van der Waals surface area contributed by atoms with Crippen LogP contribution in [0.15, 0.2) is 29.3 Å². The quantitative estimate of drug-likeness (QED) is 0.260. The van der Waals surface area contributed by atoms with Crippen LogP contribution in [-0.2, 0) is 11.2 Å². The van der Waals surface area contributed by atoms with E-state index in [2.05, 4.69) is 39.6 Å². The molecule has 2 N–H and O–H groups in total. The summed E-state index contributed by atoms with van der Waals surface area (Å²) in [7, 11) is 0. The third-order valence-electron chi connectivity index (χ3n) is 3.98. The molecule has 1 aliphatic heterocycles. The molecule has 1 aliphatic rings. The first-order valence-corrected chi connectivity index (χ1v) is 9.22. The van der Waals surface area contributed by atoms with E-state index in [4.69, 9.17) is 16.3 Å². The second kappa shape index (κ2) is 13.6. The van der Waals surface area contributed by atoms with Crippen molar-refractivity contribution in [1.29, 1.82) is 0 Å². The fourth-order valence-corrected chi connectivity index (χ4v) is 2.75. The van der Waals surface area contributed by atoms with Gasteiger partial charge in [0.2, 0.25) is 0 Å². The molecule has 1 aromatic rings. The Bertz CT molecular complexity index is 492. The Kier molecular flexibility index (Phi) is 12.2. The second-order valence-corrected chi connectivity index (χ2v) is 6.31. The highest BCUT2D eigenvalue weighted by Gasteiger charge is 2.09. The van der Waals surface area contributed by atoms with Gasteiger partial charge in [-0.2, -0.15) is 0 Å². The lowest BCUT2D eigenvalue weighted by Gasteiger charge is -2.26. The molecule has 1 fully saturated rings. The van der Waals surface area contributed by atoms with Gasteiger partial charge in [-0.3, -0.25) is 9.89 Å². The van der Waals surface area contributed by atoms with Crippen molar-refractivity contribution >= 4 is 41.5 Å². The fraction of sp³-hybridized carbons (Fsp3) is 0.611. The molecule has 142 valence electrons. The molecule has 1 aromatic carbocycles. The average molecular weight is 481 g/mol. The first-order valence-electron chi connectivity index (χ1n) is 8.84. The number of morpholine rings is 1. The minimum atomic E-state index is 0. The number of nitrogens with zero attached hydrogens (tertiary/aromatic N) is 2. The summed E-state index contributed by atoms with van der Waals surface area (Å²) < 4.78 is 5.37. The molecule has 7 heteroatoms. The van der Waals surface area contributed by atoms with Gasteiger partial charge < -0.3 is 15.4 Å². The number of nitrogens with one attached hydrogen (secondary N) is 2. The zero-order valence-corrected chi connectivity index (χ0v) is 18.1. The van der Waals surface area contributed by atoms with E-state index in [-0.39, 0.29) is 24.0 Å². The summed E-state index contributed by atoms with van der Waals surface area (Å²) in [4.78, 5) is 7.07. The highest BCUT2D eigenvalue weighted by molar-refractivity contribution is 14.0. The van der Waals surface area contributed by atoms with Crippen molar-refractivity contribution in [1.82, 2.24) is 15.5 Å². The lowest BCUT2D eigenvalue weighted by atomic mass is 10.1. The van der Waals surface area contributed by atoms with E-state index in [0.29, 0.717) is 0 Å². The van der Waals surface area contributed by atoms with Gasteiger partial charge in [0.15, 0.2) is 5.96 Å². The highest BCUT2D eigenvalue weighted by atomic mass is 127. The smallest absolute Gasteiger partial charge is 0.191 e. The van der Waals surface area contributed by atoms with Crippen LogP contribution in [0.3, 0.4) is 0 Å². The van der Waals surface area contributed by atoms with Gasteiger partial charge in [-0.15, -0.1) is 24.0 Å². The van der Waals surface area contributed by atoms with Gasteiger partial charge in [0.05, 0.1) is 13.2 Å². The zero-order valence-electron chi connectivity index (χ0n) is 15.0. The Hall–Kier alpha value is -0.570. The van der Waals surface area contributed by atoms with E-state index >= 15 is 0 Å². The van der Waals surface area contributed by atoms with Crippen molar-refractivity contribution in [3.8, 4) is 0 Å². The standard InChI is InChI=1S/C18H29ClN4O.HI/c1-2-20-18(22-10-11-23-12-14-24-15-13-23)21-9-3-4-16-5-7-17(19)8-6-16;/h5-8H,2-4,9-15H2,1H3,(H2,20,21,22);1H. The molecule has 0 radical (unpaired) electrons. The molecule has 0 saturated carbocycles. The topological polar surface area (TPSA) is 48.9 Å². The SMILES string of the molecule is CCNC(=NCCCc1ccc(Cl)cc1)NCCN1CCOCC1.I. The van der Waals surface area contributed by atoms with E-state index in [9.17, 15) is 0 Å². The van der Waals surface area contributed by atoms with Crippen LogP contribution in [0, 0.1) is 0 Å². The predicted molar refractivity (Wildman–Crippen MR) is 116 cm³/mol. The lowest BCUT2D eigenvalue weighted by molar-refractivity contribution is 0.0389. The van der Waals surface area contributed by atoms with Crippen LogP contribution in [0.5, 0.6) is 0 Å². The normalized spacial score (nSPS) is 15.5. The van der Waals surface area contributed by atoms with Gasteiger partial charge in [-0.25, -0.2) is 0 Å². The third kappa shape index (κ3) is 9.63. The van der Waals surface area contributed by atoms with Crippen LogP contribution in [0.2, 0.25) is 5.02 Å². The maximum atomic E-state index is 5.91. The molecule has 5 nitrogen and oxygen atoms in total. The van der Waals surface area contributed by atoms with Crippen LogP contribution in [0.25, 0.3) is 0 Å². The first-order chi connectivity index (χ1) is 11.8. The summed E-state index contributed by atoms with van der Waals surface area (Å²) in [6.45, 7) is 9.45. The summed E-state index contributed by atoms with van der Waals surface area (Å²) >= 11 is 5.91. The Balaban J connectivity index is 0.00000312. The molecule has 25 heavy (non-hydrogen) atoms. The predicted octanol–water partition coefficient (Wildman–Crippen LogP) is 2.78. The molecular weight excluding hydrogens is 451 g/mol. The van der Waals surface area contributed by atoms with E-state index in [1.54, 1.807) is 0 Å². The van der Waals surface area contributed by atoms with Crippen LogP contribution >= 0.6 is 35.6 Å². The van der Waals surface area contributed by atoms with Crippen molar-refractivity contribution in [2.24, 2.45) is 4.99 Å². The molecule has 0 aromatic heterocycles. The molecule has 0 bridgehead atoms. The van der Waals surface area contributed by atoms with Crippen LogP contribution in [-0.4, -0.2) is 63.3 Å². The molecule has 0 amide bonds. The number of ether oxygens (including phenoxy) is 1. The average Bonchev–Trinajstić information content (AvgIpc) is 2.61. The monoisotopic (exact) mass is 480 g/mol. The summed E-state index contributed by atoms with van der Waals surface area (Å²) in [5.41, 5.74) is 1.31. The van der Waals surface area contributed by atoms with Crippen molar-refractivity contribution in [2.75, 3.05) is 52.5 Å². The molecular formula is C18H30ClIN4O. The summed E-state index contributed by atoms with van der Waals surface area (Å²) in [6, 6.07) is 8.05. The van der Waals surface area contributed by atoms with E-state index in [1.807, 2.05) is 12.1 Å². The maximum absolute atomic E-state index is 5.91. The van der Waals surface area contributed by atoms with Crippen LogP contribution in [0.4, 0.5) is 0 Å². The van der Waals surface area contributed by atoms with Crippen molar-refractivity contribution in [3.63, 3.8) is 0 Å². The number of halogens is 2. The van der Waals surface area contributed by atoms with Gasteiger partial charge in [-0.1, -0.05) is 23.7 Å². The van der Waals surface area contributed by atoms with Crippen molar-refractivity contribution in [2.45, 2.75) is 19.8 Å². The number of benzene rings is 1. The van der Waals surface area contributed by atoms with Gasteiger partial charge in [0.1, 0.15) is 0 Å². The minimum Gasteiger partial charge on any atom is -0.379 e. The minimum absolute atomic E-state index is 0. The zero-order chi connectivity index (χ0) is 17.0. The second-order valence-electron chi connectivity index (χ2n) is 5.87. The molecule has 0 atom stereocenters. The number of hydrogen-bond acceptors (Lipinski definition) is 3. The number of aryl methyl sites for hydroxylation is 1. The Morgan fingerprint density at radius 1 is 1.20 bits per heavy atom. The Labute approximate surface area is 173 Å². The van der Waals surface area contributed by atoms with E-state index in [0.717, 1.165) is 76.3 Å². The Morgan fingerprint density at radius 2 is 1.92 bits per heavy atom. The number of rotatable bonds is 8. The van der Waals surface area contributed by atoms with Gasteiger partial charge >= 0.3 is 0 Å². The molecule has 0 unspecified atom stereocenters. The third-order valence-corrected chi connectivity index (χ3v) is 4.23. The summed E-state index contributed by atoms with van der Waals surface area (Å²) in [6.07, 6.45) is 2.05. The molecule has 1 saturated heterocycles. The van der Waals surface area contributed by atoms with Gasteiger partial charge in [0, 0.05) is 44.3 Å². The van der Waals surface area contributed by atoms with E-state index < -0.39 is 0 Å². The molecule has 0 aliphatic carbocycles. The van der Waals surface area contributed by atoms with Crippen LogP contribution in [0.1, 0.15) is 18.9 Å². The van der Waals surface area contributed by atoms with Crippen molar-refractivity contribution < 1.29 is 4.74 Å².